The van der Waals surface area contributed by atoms with E-state index in [0.29, 0.717) is 34.6 Å². The van der Waals surface area contributed by atoms with Crippen molar-refractivity contribution in [3.05, 3.63) is 104 Å². The van der Waals surface area contributed by atoms with Gasteiger partial charge in [0.25, 0.3) is 5.91 Å². The number of benzene rings is 3. The molecule has 0 saturated heterocycles. The van der Waals surface area contributed by atoms with Crippen molar-refractivity contribution in [1.82, 2.24) is 4.90 Å². The Morgan fingerprint density at radius 2 is 1.64 bits per heavy atom. The van der Waals surface area contributed by atoms with Crippen LogP contribution in [0.2, 0.25) is 0 Å². The maximum Gasteiger partial charge on any atom is 0.291 e. The fraction of sp³-hybridized carbons (Fsp3) is 0.185. The number of amides is 1. The number of nitrogens with zero attached hydrogens (tertiary/aromatic N) is 1. The Morgan fingerprint density at radius 1 is 0.879 bits per heavy atom. The van der Waals surface area contributed by atoms with E-state index in [1.54, 1.807) is 11.0 Å². The van der Waals surface area contributed by atoms with Gasteiger partial charge in [-0.3, -0.25) is 9.59 Å². The molecule has 33 heavy (non-hydrogen) atoms. The minimum atomic E-state index is -0.542. The van der Waals surface area contributed by atoms with Gasteiger partial charge in [0.15, 0.2) is 16.9 Å². The molecule has 0 fully saturated rings. The molecule has 0 spiro atoms. The first-order valence-corrected chi connectivity index (χ1v) is 10.8. The van der Waals surface area contributed by atoms with Crippen molar-refractivity contribution in [2.24, 2.45) is 0 Å². The summed E-state index contributed by atoms with van der Waals surface area (Å²) in [5, 5.41) is 0.489. The Bertz CT molecular complexity index is 1490. The van der Waals surface area contributed by atoms with Gasteiger partial charge in [0.2, 0.25) is 12.6 Å². The van der Waals surface area contributed by atoms with Crippen molar-refractivity contribution in [1.29, 1.82) is 0 Å². The maximum atomic E-state index is 13.6. The average Bonchev–Trinajstić information content (AvgIpc) is 3.38. The largest absolute Gasteiger partial charge is 0.454 e. The third-order valence-corrected chi connectivity index (χ3v) is 6.30. The lowest BCUT2D eigenvalue weighted by atomic mass is 9.97. The number of hydrogen-bond donors (Lipinski definition) is 0. The van der Waals surface area contributed by atoms with E-state index in [0.717, 1.165) is 22.3 Å². The van der Waals surface area contributed by atoms with Gasteiger partial charge in [-0.05, 0) is 49.2 Å². The molecule has 1 aromatic heterocycles. The molecule has 164 valence electrons. The van der Waals surface area contributed by atoms with Crippen molar-refractivity contribution < 1.29 is 18.7 Å². The molecule has 2 aliphatic heterocycles. The van der Waals surface area contributed by atoms with Crippen LogP contribution in [0.15, 0.2) is 69.9 Å². The number of carbonyl (C=O) groups excluding carboxylic acids is 1. The minimum Gasteiger partial charge on any atom is -0.454 e. The van der Waals surface area contributed by atoms with E-state index in [2.05, 4.69) is 0 Å². The van der Waals surface area contributed by atoms with Gasteiger partial charge in [-0.15, -0.1) is 0 Å². The zero-order chi connectivity index (χ0) is 22.7. The first kappa shape index (κ1) is 19.6. The fourth-order valence-electron chi connectivity index (χ4n) is 4.63. The second-order valence-electron chi connectivity index (χ2n) is 8.61. The number of hydrogen-bond acceptors (Lipinski definition) is 5. The first-order chi connectivity index (χ1) is 16.0. The molecule has 0 aliphatic carbocycles. The van der Waals surface area contributed by atoms with Crippen LogP contribution in [0.25, 0.3) is 11.0 Å². The summed E-state index contributed by atoms with van der Waals surface area (Å²) in [6, 6.07) is 18.4. The summed E-state index contributed by atoms with van der Waals surface area (Å²) in [4.78, 5) is 28.9. The molecular weight excluding hydrogens is 418 g/mol. The van der Waals surface area contributed by atoms with E-state index < -0.39 is 6.04 Å². The summed E-state index contributed by atoms with van der Waals surface area (Å²) in [5.74, 6) is 1.15. The molecule has 6 rings (SSSR count). The quantitative estimate of drug-likeness (QED) is 0.455. The highest BCUT2D eigenvalue weighted by molar-refractivity contribution is 5.99. The van der Waals surface area contributed by atoms with E-state index in [4.69, 9.17) is 13.9 Å². The van der Waals surface area contributed by atoms with Crippen LogP contribution in [-0.4, -0.2) is 17.6 Å². The van der Waals surface area contributed by atoms with E-state index in [-0.39, 0.29) is 23.9 Å². The van der Waals surface area contributed by atoms with Crippen molar-refractivity contribution in [2.75, 3.05) is 6.79 Å². The van der Waals surface area contributed by atoms with Crippen LogP contribution >= 0.6 is 0 Å². The molecule has 4 aromatic rings. The molecule has 0 radical (unpaired) electrons. The van der Waals surface area contributed by atoms with Gasteiger partial charge in [0.05, 0.1) is 17.0 Å². The van der Waals surface area contributed by atoms with Gasteiger partial charge in [-0.2, -0.15) is 0 Å². The smallest absolute Gasteiger partial charge is 0.291 e. The molecule has 3 heterocycles. The zero-order valence-corrected chi connectivity index (χ0v) is 18.3. The normalized spacial score (nSPS) is 16.5. The van der Waals surface area contributed by atoms with Crippen LogP contribution < -0.4 is 14.9 Å². The SMILES string of the molecule is Cc1ccc(C2c3c(oc4ccc(C)cc4c3=O)C(=O)N2Cc2ccc3c(c2)OCO3)cc1. The fourth-order valence-corrected chi connectivity index (χ4v) is 4.63. The van der Waals surface area contributed by atoms with Gasteiger partial charge in [0.1, 0.15) is 5.58 Å². The van der Waals surface area contributed by atoms with Gasteiger partial charge in [-0.1, -0.05) is 47.5 Å². The molecule has 2 aliphatic rings. The van der Waals surface area contributed by atoms with Crippen LogP contribution in [0.5, 0.6) is 11.5 Å². The molecule has 1 atom stereocenters. The lowest BCUT2D eigenvalue weighted by molar-refractivity contribution is 0.0714. The summed E-state index contributed by atoms with van der Waals surface area (Å²) < 4.78 is 16.9. The van der Waals surface area contributed by atoms with Crippen LogP contribution in [-0.2, 0) is 6.54 Å². The zero-order valence-electron chi connectivity index (χ0n) is 18.3. The lowest BCUT2D eigenvalue weighted by Gasteiger charge is -2.25. The van der Waals surface area contributed by atoms with Gasteiger partial charge in [0, 0.05) is 6.54 Å². The van der Waals surface area contributed by atoms with Crippen LogP contribution in [0.4, 0.5) is 0 Å². The number of aryl methyl sites for hydroxylation is 2. The molecule has 6 heteroatoms. The number of carbonyl (C=O) groups is 1. The summed E-state index contributed by atoms with van der Waals surface area (Å²) in [6.45, 7) is 4.42. The van der Waals surface area contributed by atoms with Crippen molar-refractivity contribution in [3.8, 4) is 11.5 Å². The Labute approximate surface area is 190 Å². The van der Waals surface area contributed by atoms with Gasteiger partial charge >= 0.3 is 0 Å². The molecule has 0 bridgehead atoms. The van der Waals surface area contributed by atoms with E-state index >= 15 is 0 Å². The Morgan fingerprint density at radius 3 is 2.45 bits per heavy atom. The van der Waals surface area contributed by atoms with Crippen molar-refractivity contribution in [2.45, 2.75) is 26.4 Å². The Hall–Kier alpha value is -4.06. The van der Waals surface area contributed by atoms with E-state index in [1.807, 2.05) is 68.4 Å². The van der Waals surface area contributed by atoms with Gasteiger partial charge < -0.3 is 18.8 Å². The molecular formula is C27H21NO5. The molecule has 0 saturated carbocycles. The molecule has 3 aromatic carbocycles. The second-order valence-corrected chi connectivity index (χ2v) is 8.61. The molecule has 1 unspecified atom stereocenters. The molecule has 0 N–H and O–H groups in total. The maximum absolute atomic E-state index is 13.6. The molecule has 6 nitrogen and oxygen atoms in total. The Kier molecular flexibility index (Phi) is 4.30. The van der Waals surface area contributed by atoms with Crippen molar-refractivity contribution >= 4 is 16.9 Å². The third kappa shape index (κ3) is 3.09. The predicted molar refractivity (Wildman–Crippen MR) is 123 cm³/mol. The predicted octanol–water partition coefficient (Wildman–Crippen LogP) is 4.88. The van der Waals surface area contributed by atoms with E-state index in [9.17, 15) is 9.59 Å². The number of rotatable bonds is 3. The highest BCUT2D eigenvalue weighted by Crippen LogP contribution is 2.40. The van der Waals surface area contributed by atoms with Crippen molar-refractivity contribution in [3.63, 3.8) is 0 Å². The summed E-state index contributed by atoms with van der Waals surface area (Å²) >= 11 is 0. The number of fused-ring (bicyclic) bond motifs is 3. The highest BCUT2D eigenvalue weighted by Gasteiger charge is 2.42. The molecule has 1 amide bonds. The first-order valence-electron chi connectivity index (χ1n) is 10.8. The monoisotopic (exact) mass is 439 g/mol. The third-order valence-electron chi connectivity index (χ3n) is 6.30. The van der Waals surface area contributed by atoms with Gasteiger partial charge in [-0.25, -0.2) is 0 Å². The summed E-state index contributed by atoms with van der Waals surface area (Å²) in [7, 11) is 0. The minimum absolute atomic E-state index is 0.114. The Balaban J connectivity index is 1.52. The van der Waals surface area contributed by atoms with Crippen LogP contribution in [0.3, 0.4) is 0 Å². The summed E-state index contributed by atoms with van der Waals surface area (Å²) in [6.07, 6.45) is 0. The van der Waals surface area contributed by atoms with Crippen LogP contribution in [0.1, 0.15) is 44.4 Å². The highest BCUT2D eigenvalue weighted by atomic mass is 16.7. The number of ether oxygens (including phenoxy) is 2. The average molecular weight is 439 g/mol. The standard InChI is InChI=1S/C27H21NO5/c1-15-3-7-18(8-4-15)24-23-25(29)19-11-16(2)5-9-20(19)33-26(23)27(30)28(24)13-17-6-10-21-22(12-17)32-14-31-21/h3-12,24H,13-14H2,1-2H3. The second kappa shape index (κ2) is 7.24. The topological polar surface area (TPSA) is 69.0 Å². The summed E-state index contributed by atoms with van der Waals surface area (Å²) in [5.41, 5.74) is 4.46. The lowest BCUT2D eigenvalue weighted by Crippen LogP contribution is -2.29. The van der Waals surface area contributed by atoms with Crippen LogP contribution in [0, 0.1) is 13.8 Å². The van der Waals surface area contributed by atoms with E-state index in [1.165, 1.54) is 0 Å².